The number of benzene rings is 1. The molecule has 3 aromatic rings. The number of anilines is 2. The van der Waals surface area contributed by atoms with Gasteiger partial charge >= 0.3 is 5.97 Å². The van der Waals surface area contributed by atoms with Crippen molar-refractivity contribution in [2.75, 3.05) is 23.7 Å². The molecule has 1 aromatic carbocycles. The maximum atomic E-state index is 12.3. The molecular weight excluding hydrogens is 354 g/mol. The van der Waals surface area contributed by atoms with Crippen LogP contribution >= 0.6 is 0 Å². The van der Waals surface area contributed by atoms with E-state index in [0.29, 0.717) is 17.2 Å². The quantitative estimate of drug-likeness (QED) is 0.697. The highest BCUT2D eigenvalue weighted by Crippen LogP contribution is 2.19. The van der Waals surface area contributed by atoms with Crippen LogP contribution in [0.2, 0.25) is 0 Å². The topological polar surface area (TPSA) is 94.2 Å². The molecule has 7 heteroatoms. The number of hydrogen-bond acceptors (Lipinski definition) is 7. The average Bonchev–Trinajstić information content (AvgIpc) is 3.02. The van der Waals surface area contributed by atoms with Crippen LogP contribution in [0.4, 0.5) is 11.6 Å². The third-order valence-electron chi connectivity index (χ3n) is 4.93. The molecule has 1 aliphatic heterocycles. The van der Waals surface area contributed by atoms with Gasteiger partial charge in [0, 0.05) is 24.7 Å². The number of esters is 1. The third-order valence-corrected chi connectivity index (χ3v) is 4.93. The number of nitrogens with zero attached hydrogens (tertiary/aromatic N) is 4. The standard InChI is InChI=1S/C21H23N5O2/c22-20-16-7-3-4-8-17(16)24-18(25-20)14-28-21(27)15-9-10-19(23-13-15)26-11-5-1-2-6-12-26/h3-4,7-10,13H,1-2,5-6,11-12,14H2,(H2,22,24,25). The number of nitrogens with two attached hydrogens (primary N) is 1. The molecule has 2 aromatic heterocycles. The van der Waals surface area contributed by atoms with E-state index in [1.165, 1.54) is 25.7 Å². The van der Waals surface area contributed by atoms with Crippen LogP contribution < -0.4 is 10.6 Å². The molecule has 7 nitrogen and oxygen atoms in total. The number of nitrogen functional groups attached to an aromatic ring is 1. The third kappa shape index (κ3) is 4.03. The van der Waals surface area contributed by atoms with Crippen molar-refractivity contribution in [3.05, 3.63) is 54.0 Å². The fraction of sp³-hybridized carbons (Fsp3) is 0.333. The molecule has 1 saturated heterocycles. The van der Waals surface area contributed by atoms with E-state index in [1.54, 1.807) is 12.3 Å². The van der Waals surface area contributed by atoms with Gasteiger partial charge in [0.25, 0.3) is 0 Å². The summed E-state index contributed by atoms with van der Waals surface area (Å²) in [6.45, 7) is 1.98. The smallest absolute Gasteiger partial charge is 0.340 e. The summed E-state index contributed by atoms with van der Waals surface area (Å²) in [6, 6.07) is 11.1. The Morgan fingerprint density at radius 3 is 2.57 bits per heavy atom. The summed E-state index contributed by atoms with van der Waals surface area (Å²) in [5, 5.41) is 0.783. The molecule has 4 rings (SSSR count). The van der Waals surface area contributed by atoms with Gasteiger partial charge in [0.05, 0.1) is 11.1 Å². The van der Waals surface area contributed by atoms with Crippen LogP contribution in [0, 0.1) is 0 Å². The second-order valence-electron chi connectivity index (χ2n) is 6.92. The van der Waals surface area contributed by atoms with Gasteiger partial charge in [-0.2, -0.15) is 0 Å². The van der Waals surface area contributed by atoms with Gasteiger partial charge in [0.2, 0.25) is 0 Å². The van der Waals surface area contributed by atoms with E-state index in [0.717, 1.165) is 29.8 Å². The Hall–Kier alpha value is -3.22. The summed E-state index contributed by atoms with van der Waals surface area (Å²) in [7, 11) is 0. The van der Waals surface area contributed by atoms with E-state index < -0.39 is 5.97 Å². The summed E-state index contributed by atoms with van der Waals surface area (Å²) in [5.41, 5.74) is 7.10. The highest BCUT2D eigenvalue weighted by atomic mass is 16.5. The van der Waals surface area contributed by atoms with Crippen molar-refractivity contribution in [3.63, 3.8) is 0 Å². The minimum absolute atomic E-state index is 0.0399. The molecule has 144 valence electrons. The van der Waals surface area contributed by atoms with Crippen LogP contribution in [-0.4, -0.2) is 34.0 Å². The van der Waals surface area contributed by atoms with E-state index in [2.05, 4.69) is 19.9 Å². The molecule has 3 heterocycles. The molecule has 2 N–H and O–H groups in total. The van der Waals surface area contributed by atoms with Crippen molar-refractivity contribution in [1.29, 1.82) is 0 Å². The first-order chi connectivity index (χ1) is 13.7. The molecule has 0 aliphatic carbocycles. The van der Waals surface area contributed by atoms with Gasteiger partial charge in [0.15, 0.2) is 12.4 Å². The summed E-state index contributed by atoms with van der Waals surface area (Å²) >= 11 is 0. The van der Waals surface area contributed by atoms with Crippen molar-refractivity contribution < 1.29 is 9.53 Å². The van der Waals surface area contributed by atoms with Crippen LogP contribution in [0.25, 0.3) is 10.9 Å². The molecule has 0 unspecified atom stereocenters. The maximum Gasteiger partial charge on any atom is 0.340 e. The summed E-state index contributed by atoms with van der Waals surface area (Å²) in [6.07, 6.45) is 6.46. The van der Waals surface area contributed by atoms with Gasteiger partial charge < -0.3 is 15.4 Å². The van der Waals surface area contributed by atoms with Crippen LogP contribution in [0.15, 0.2) is 42.6 Å². The Morgan fingerprint density at radius 2 is 1.82 bits per heavy atom. The van der Waals surface area contributed by atoms with Gasteiger partial charge in [-0.3, -0.25) is 0 Å². The predicted octanol–water partition coefficient (Wildman–Crippen LogP) is 3.34. The number of carbonyl (C=O) groups is 1. The van der Waals surface area contributed by atoms with Gasteiger partial charge in [-0.05, 0) is 37.1 Å². The highest BCUT2D eigenvalue weighted by Gasteiger charge is 2.14. The SMILES string of the molecule is Nc1nc(COC(=O)c2ccc(N3CCCCCC3)nc2)nc2ccccc12. The van der Waals surface area contributed by atoms with Crippen molar-refractivity contribution in [1.82, 2.24) is 15.0 Å². The Kier molecular flexibility index (Phi) is 5.32. The largest absolute Gasteiger partial charge is 0.454 e. The lowest BCUT2D eigenvalue weighted by molar-refractivity contribution is 0.0462. The molecule has 1 fully saturated rings. The second-order valence-corrected chi connectivity index (χ2v) is 6.92. The number of carbonyl (C=O) groups excluding carboxylic acids is 1. The molecule has 0 atom stereocenters. The molecule has 1 aliphatic rings. The van der Waals surface area contributed by atoms with Crippen molar-refractivity contribution >= 4 is 28.5 Å². The number of rotatable bonds is 4. The zero-order valence-electron chi connectivity index (χ0n) is 15.7. The lowest BCUT2D eigenvalue weighted by atomic mass is 10.2. The Labute approximate surface area is 163 Å². The number of aromatic nitrogens is 3. The number of pyridine rings is 1. The number of hydrogen-bond donors (Lipinski definition) is 1. The predicted molar refractivity (Wildman–Crippen MR) is 108 cm³/mol. The average molecular weight is 377 g/mol. The molecule has 0 bridgehead atoms. The summed E-state index contributed by atoms with van der Waals surface area (Å²) in [5.74, 6) is 1.20. The highest BCUT2D eigenvalue weighted by molar-refractivity contribution is 5.89. The number of ether oxygens (including phenoxy) is 1. The van der Waals surface area contributed by atoms with Crippen molar-refractivity contribution in [2.45, 2.75) is 32.3 Å². The Balaban J connectivity index is 1.41. The normalized spacial score (nSPS) is 14.6. The summed E-state index contributed by atoms with van der Waals surface area (Å²) in [4.78, 5) is 27.7. The van der Waals surface area contributed by atoms with Crippen molar-refractivity contribution in [3.8, 4) is 0 Å². The number of fused-ring (bicyclic) bond motifs is 1. The molecule has 28 heavy (non-hydrogen) atoms. The van der Waals surface area contributed by atoms with Crippen LogP contribution in [-0.2, 0) is 11.3 Å². The fourth-order valence-electron chi connectivity index (χ4n) is 3.42. The molecule has 0 spiro atoms. The minimum atomic E-state index is -0.453. The lowest BCUT2D eigenvalue weighted by Gasteiger charge is -2.21. The molecule has 0 radical (unpaired) electrons. The summed E-state index contributed by atoms with van der Waals surface area (Å²) < 4.78 is 5.35. The zero-order valence-corrected chi connectivity index (χ0v) is 15.7. The van der Waals surface area contributed by atoms with Crippen molar-refractivity contribution in [2.24, 2.45) is 0 Å². The van der Waals surface area contributed by atoms with Gasteiger partial charge in [-0.1, -0.05) is 25.0 Å². The van der Waals surface area contributed by atoms with Crippen LogP contribution in [0.1, 0.15) is 41.9 Å². The maximum absolute atomic E-state index is 12.3. The first-order valence-corrected chi connectivity index (χ1v) is 9.60. The first-order valence-electron chi connectivity index (χ1n) is 9.60. The van der Waals surface area contributed by atoms with Crippen LogP contribution in [0.5, 0.6) is 0 Å². The number of para-hydroxylation sites is 1. The minimum Gasteiger partial charge on any atom is -0.454 e. The molecule has 0 saturated carbocycles. The fourth-order valence-corrected chi connectivity index (χ4v) is 3.42. The second kappa shape index (κ2) is 8.21. The molecule has 0 amide bonds. The lowest BCUT2D eigenvalue weighted by Crippen LogP contribution is -2.24. The van der Waals surface area contributed by atoms with Gasteiger partial charge in [-0.15, -0.1) is 0 Å². The van der Waals surface area contributed by atoms with E-state index in [-0.39, 0.29) is 6.61 Å². The molecular formula is C21H23N5O2. The van der Waals surface area contributed by atoms with E-state index >= 15 is 0 Å². The Morgan fingerprint density at radius 1 is 1.04 bits per heavy atom. The zero-order chi connectivity index (χ0) is 19.3. The van der Waals surface area contributed by atoms with E-state index in [9.17, 15) is 4.79 Å². The van der Waals surface area contributed by atoms with Gasteiger partial charge in [0.1, 0.15) is 11.6 Å². The van der Waals surface area contributed by atoms with Gasteiger partial charge in [-0.25, -0.2) is 19.7 Å². The first kappa shape index (κ1) is 18.2. The Bertz CT molecular complexity index is 966. The monoisotopic (exact) mass is 377 g/mol. The van der Waals surface area contributed by atoms with Crippen LogP contribution in [0.3, 0.4) is 0 Å². The van der Waals surface area contributed by atoms with E-state index in [1.807, 2.05) is 30.3 Å². The van der Waals surface area contributed by atoms with E-state index in [4.69, 9.17) is 10.5 Å².